The molecule has 0 amide bonds. The normalized spacial score (nSPS) is 16.1. The number of benzene rings is 1. The van der Waals surface area contributed by atoms with Crippen LogP contribution in [0.5, 0.6) is 0 Å². The number of nitrogens with zero attached hydrogens (tertiary/aromatic N) is 1. The van der Waals surface area contributed by atoms with E-state index in [1.165, 1.54) is 16.0 Å². The minimum absolute atomic E-state index is 0.0183. The van der Waals surface area contributed by atoms with Crippen LogP contribution in [0.4, 0.5) is 11.4 Å². The van der Waals surface area contributed by atoms with Crippen molar-refractivity contribution < 1.29 is 4.21 Å². The summed E-state index contributed by atoms with van der Waals surface area (Å²) in [4.78, 5) is 4.69. The summed E-state index contributed by atoms with van der Waals surface area (Å²) >= 11 is 3.39. The van der Waals surface area contributed by atoms with Crippen molar-refractivity contribution in [2.24, 2.45) is 0 Å². The highest BCUT2D eigenvalue weighted by Gasteiger charge is 2.31. The van der Waals surface area contributed by atoms with Crippen molar-refractivity contribution in [1.82, 2.24) is 5.32 Å². The van der Waals surface area contributed by atoms with Crippen LogP contribution in [0, 0.1) is 13.8 Å². The zero-order valence-electron chi connectivity index (χ0n) is 16.7. The van der Waals surface area contributed by atoms with Gasteiger partial charge < -0.3 is 10.2 Å². The summed E-state index contributed by atoms with van der Waals surface area (Å²) in [6, 6.07) is 10.6. The average Bonchev–Trinajstić information content (AvgIpc) is 3.36. The van der Waals surface area contributed by atoms with Crippen LogP contribution in [0.25, 0.3) is 0 Å². The van der Waals surface area contributed by atoms with Gasteiger partial charge in [0.05, 0.1) is 27.1 Å². The van der Waals surface area contributed by atoms with Crippen LogP contribution >= 0.6 is 22.7 Å². The Labute approximate surface area is 177 Å². The molecular weight excluding hydrogens is 404 g/mol. The molecule has 6 heteroatoms. The summed E-state index contributed by atoms with van der Waals surface area (Å²) in [5.41, 5.74) is 4.71. The largest absolute Gasteiger partial charge is 0.339 e. The van der Waals surface area contributed by atoms with E-state index in [9.17, 15) is 4.21 Å². The highest BCUT2D eigenvalue weighted by Crippen LogP contribution is 2.46. The Hall–Kier alpha value is -1.47. The summed E-state index contributed by atoms with van der Waals surface area (Å²) in [7, 11) is -1.08. The Kier molecular flexibility index (Phi) is 5.49. The topological polar surface area (TPSA) is 32.3 Å². The van der Waals surface area contributed by atoms with Crippen molar-refractivity contribution in [3.05, 3.63) is 57.1 Å². The zero-order chi connectivity index (χ0) is 19.9. The summed E-state index contributed by atoms with van der Waals surface area (Å²) < 4.78 is 14.0. The standard InChI is InChI=1S/C22H26N2OS3/c1-15-8-9-18-20(16(15)2)24(17-10-14-27-21(17)28(18)25)12-6-11-23-22(3,4)19-7-5-13-26-19/h5,7-10,13-14,23H,6,11-12H2,1-4H3. The molecule has 1 unspecified atom stereocenters. The summed E-state index contributed by atoms with van der Waals surface area (Å²) in [5.74, 6) is 0. The number of hydrogen-bond donors (Lipinski definition) is 1. The number of nitrogens with one attached hydrogen (secondary N) is 1. The molecule has 148 valence electrons. The number of anilines is 2. The third-order valence-corrected chi connectivity index (χ3v) is 9.37. The van der Waals surface area contributed by atoms with Crippen LogP contribution < -0.4 is 10.2 Å². The van der Waals surface area contributed by atoms with Gasteiger partial charge in [-0.2, -0.15) is 0 Å². The second kappa shape index (κ2) is 7.75. The Balaban J connectivity index is 1.54. The lowest BCUT2D eigenvalue weighted by Crippen LogP contribution is -2.37. The molecule has 3 nitrogen and oxygen atoms in total. The third-order valence-electron chi connectivity index (χ3n) is 5.47. The first-order valence-electron chi connectivity index (χ1n) is 9.56. The fraction of sp³-hybridized carbons (Fsp3) is 0.364. The van der Waals surface area contributed by atoms with E-state index in [0.717, 1.165) is 40.0 Å². The fourth-order valence-electron chi connectivity index (χ4n) is 3.70. The fourth-order valence-corrected chi connectivity index (χ4v) is 7.13. The third kappa shape index (κ3) is 3.47. The average molecular weight is 431 g/mol. The number of rotatable bonds is 6. The molecule has 0 bridgehead atoms. The van der Waals surface area contributed by atoms with Crippen LogP contribution in [0.3, 0.4) is 0 Å². The van der Waals surface area contributed by atoms with Crippen molar-refractivity contribution in [1.29, 1.82) is 0 Å². The van der Waals surface area contributed by atoms with Crippen molar-refractivity contribution in [3.63, 3.8) is 0 Å². The minimum Gasteiger partial charge on any atom is -0.339 e. The summed E-state index contributed by atoms with van der Waals surface area (Å²) in [6.45, 7) is 10.6. The lowest BCUT2D eigenvalue weighted by molar-refractivity contribution is 0.408. The molecule has 0 fully saturated rings. The first kappa shape index (κ1) is 19.8. The molecule has 0 saturated heterocycles. The maximum absolute atomic E-state index is 13.1. The van der Waals surface area contributed by atoms with Gasteiger partial charge in [0.25, 0.3) is 0 Å². The number of aryl methyl sites for hydroxylation is 1. The highest BCUT2D eigenvalue weighted by atomic mass is 32.2. The van der Waals surface area contributed by atoms with Gasteiger partial charge in [0.15, 0.2) is 0 Å². The molecule has 0 aliphatic carbocycles. The van der Waals surface area contributed by atoms with Gasteiger partial charge in [-0.25, -0.2) is 4.21 Å². The van der Waals surface area contributed by atoms with E-state index >= 15 is 0 Å². The molecule has 1 atom stereocenters. The van der Waals surface area contributed by atoms with Crippen LogP contribution in [0.1, 0.15) is 36.3 Å². The van der Waals surface area contributed by atoms with Gasteiger partial charge in [0.1, 0.15) is 4.21 Å². The molecule has 0 radical (unpaired) electrons. The van der Waals surface area contributed by atoms with Crippen LogP contribution in [0.2, 0.25) is 0 Å². The van der Waals surface area contributed by atoms with E-state index in [4.69, 9.17) is 0 Å². The predicted molar refractivity (Wildman–Crippen MR) is 122 cm³/mol. The predicted octanol–water partition coefficient (Wildman–Crippen LogP) is 5.96. The molecule has 0 spiro atoms. The lowest BCUT2D eigenvalue weighted by Gasteiger charge is -2.33. The molecule has 28 heavy (non-hydrogen) atoms. The molecule has 2 aromatic heterocycles. The van der Waals surface area contributed by atoms with Gasteiger partial charge in [-0.05, 0) is 80.7 Å². The molecular formula is C22H26N2OS3. The zero-order valence-corrected chi connectivity index (χ0v) is 19.2. The van der Waals surface area contributed by atoms with E-state index in [1.54, 1.807) is 22.7 Å². The minimum atomic E-state index is -1.08. The van der Waals surface area contributed by atoms with E-state index in [-0.39, 0.29) is 5.54 Å². The molecule has 1 aliphatic rings. The van der Waals surface area contributed by atoms with E-state index in [0.29, 0.717) is 0 Å². The monoisotopic (exact) mass is 430 g/mol. The lowest BCUT2D eigenvalue weighted by atomic mass is 10.0. The Morgan fingerprint density at radius 2 is 1.93 bits per heavy atom. The van der Waals surface area contributed by atoms with Crippen molar-refractivity contribution >= 4 is 44.8 Å². The van der Waals surface area contributed by atoms with Gasteiger partial charge >= 0.3 is 0 Å². The number of fused-ring (bicyclic) bond motifs is 2. The highest BCUT2D eigenvalue weighted by molar-refractivity contribution is 7.87. The smallest absolute Gasteiger partial charge is 0.120 e. The Morgan fingerprint density at radius 1 is 1.11 bits per heavy atom. The quantitative estimate of drug-likeness (QED) is 0.490. The molecule has 3 aromatic rings. The van der Waals surface area contributed by atoms with Crippen LogP contribution in [-0.2, 0) is 16.3 Å². The van der Waals surface area contributed by atoms with Gasteiger partial charge in [0, 0.05) is 17.0 Å². The van der Waals surface area contributed by atoms with Gasteiger partial charge in [-0.3, -0.25) is 0 Å². The molecule has 4 rings (SSSR count). The van der Waals surface area contributed by atoms with E-state index < -0.39 is 10.8 Å². The molecule has 1 aliphatic heterocycles. The molecule has 3 heterocycles. The van der Waals surface area contributed by atoms with E-state index in [2.05, 4.69) is 72.9 Å². The molecule has 1 aromatic carbocycles. The second-order valence-corrected chi connectivity index (χ2v) is 11.3. The maximum Gasteiger partial charge on any atom is 0.120 e. The van der Waals surface area contributed by atoms with Crippen molar-refractivity contribution in [2.45, 2.75) is 48.8 Å². The Morgan fingerprint density at radius 3 is 2.68 bits per heavy atom. The number of hydrogen-bond acceptors (Lipinski definition) is 5. The summed E-state index contributed by atoms with van der Waals surface area (Å²) in [5, 5.41) is 7.89. The van der Waals surface area contributed by atoms with Gasteiger partial charge in [-0.15, -0.1) is 22.7 Å². The Bertz CT molecular complexity index is 1000. The van der Waals surface area contributed by atoms with Gasteiger partial charge in [-0.1, -0.05) is 12.1 Å². The van der Waals surface area contributed by atoms with Crippen LogP contribution in [-0.4, -0.2) is 17.3 Å². The molecule has 1 N–H and O–H groups in total. The maximum atomic E-state index is 13.1. The number of thiophene rings is 2. The first-order chi connectivity index (χ1) is 13.4. The first-order valence-corrected chi connectivity index (χ1v) is 12.5. The SMILES string of the molecule is Cc1ccc2c(c1C)N(CCCNC(C)(C)c1cccs1)c1ccsc1S2=O. The van der Waals surface area contributed by atoms with E-state index in [1.807, 2.05) is 6.07 Å². The van der Waals surface area contributed by atoms with Gasteiger partial charge in [0.2, 0.25) is 0 Å². The summed E-state index contributed by atoms with van der Waals surface area (Å²) in [6.07, 6.45) is 1.02. The van der Waals surface area contributed by atoms with Crippen LogP contribution in [0.15, 0.2) is 50.2 Å². The molecule has 0 saturated carbocycles. The second-order valence-electron chi connectivity index (χ2n) is 7.75. The van der Waals surface area contributed by atoms with Crippen molar-refractivity contribution in [3.8, 4) is 0 Å². The van der Waals surface area contributed by atoms with Crippen molar-refractivity contribution in [2.75, 3.05) is 18.0 Å².